The van der Waals surface area contributed by atoms with E-state index in [0.29, 0.717) is 0 Å². The Morgan fingerprint density at radius 2 is 0.615 bits per heavy atom. The van der Waals surface area contributed by atoms with Gasteiger partial charge in [-0.1, -0.05) is 14.9 Å². The Kier molecular flexibility index (Phi) is 27.5. The van der Waals surface area contributed by atoms with Crippen LogP contribution in [0.3, 0.4) is 0 Å². The Morgan fingerprint density at radius 3 is 0.615 bits per heavy atom. The van der Waals surface area contributed by atoms with Crippen LogP contribution < -0.4 is 0 Å². The third-order valence-electron chi connectivity index (χ3n) is 0. The topological polar surface area (TPSA) is 121 Å². The maximum atomic E-state index is 7.56. The molecule has 0 aliphatic heterocycles. The van der Waals surface area contributed by atoms with Gasteiger partial charge in [0.15, 0.2) is 0 Å². The summed E-state index contributed by atoms with van der Waals surface area (Å²) in [5.41, 5.74) is 0. The zero-order chi connectivity index (χ0) is 9.00. The molecule has 0 bridgehead atoms. The van der Waals surface area contributed by atoms with Crippen molar-refractivity contribution < 1.29 is 29.4 Å². The van der Waals surface area contributed by atoms with Crippen LogP contribution in [-0.2, 0) is 23.6 Å². The van der Waals surface area contributed by atoms with Crippen LogP contribution >= 0.6 is 13.4 Å². The molecule has 0 unspecified atom stereocenters. The average Bonchev–Trinajstić information content (AvgIpc) is 1.12. The summed E-state index contributed by atoms with van der Waals surface area (Å²) in [5.74, 6) is 0. The van der Waals surface area contributed by atoms with Crippen molar-refractivity contribution in [3.8, 4) is 0 Å². The van der Waals surface area contributed by atoms with Crippen LogP contribution in [0.15, 0.2) is 0 Å². The van der Waals surface area contributed by atoms with Gasteiger partial charge >= 0.3 is 43.0 Å². The van der Waals surface area contributed by atoms with Crippen molar-refractivity contribution in [2.24, 2.45) is 0 Å². The van der Waals surface area contributed by atoms with Gasteiger partial charge in [-0.05, 0) is 23.6 Å². The summed E-state index contributed by atoms with van der Waals surface area (Å²) >= 11 is 7.21. The molecule has 0 aromatic carbocycles. The average molecular weight is 284 g/mol. The first-order valence-electron chi connectivity index (χ1n) is 1.57. The summed E-state index contributed by atoms with van der Waals surface area (Å²) in [7, 11) is 0. The Hall–Kier alpha value is 2.06. The van der Waals surface area contributed by atoms with Gasteiger partial charge in [-0.25, -0.2) is 0 Å². The summed E-state index contributed by atoms with van der Waals surface area (Å²) in [4.78, 5) is 45.3. The summed E-state index contributed by atoms with van der Waals surface area (Å²) < 4.78 is 0. The molecule has 0 fully saturated rings. The monoisotopic (exact) mass is 284 g/mol. The second-order valence-electron chi connectivity index (χ2n) is 1.03. The molecule has 0 atom stereocenters. The van der Waals surface area contributed by atoms with Gasteiger partial charge in [-0.2, -0.15) is 0 Å². The van der Waals surface area contributed by atoms with Gasteiger partial charge in [0.25, 0.3) is 0 Å². The molecule has 0 aromatic rings. The maximum absolute atomic E-state index is 7.56. The van der Waals surface area contributed by atoms with Crippen molar-refractivity contribution in [3.05, 3.63) is 0 Å². The summed E-state index contributed by atoms with van der Waals surface area (Å²) in [5, 5.41) is 0. The predicted molar refractivity (Wildman–Crippen MR) is 62.5 cm³/mol. The van der Waals surface area contributed by atoms with E-state index in [0.717, 1.165) is 0 Å². The van der Waals surface area contributed by atoms with Crippen molar-refractivity contribution in [1.29, 1.82) is 0 Å². The van der Waals surface area contributed by atoms with E-state index in [2.05, 4.69) is 23.6 Å². The number of rotatable bonds is 0. The molecule has 0 heterocycles. The predicted octanol–water partition coefficient (Wildman–Crippen LogP) is -1.00. The molecular weight excluding hydrogens is 269 g/mol. The molecular formula is C2H15NaO6P2S2. The first kappa shape index (κ1) is 29.4. The Labute approximate surface area is 110 Å². The number of hydrogen-bond acceptors (Lipinski definition) is 2. The van der Waals surface area contributed by atoms with Crippen molar-refractivity contribution in [2.75, 3.05) is 0 Å². The van der Waals surface area contributed by atoms with Crippen LogP contribution in [0.1, 0.15) is 14.9 Å². The van der Waals surface area contributed by atoms with E-state index in [1.54, 1.807) is 0 Å². The second kappa shape index (κ2) is 12.1. The third kappa shape index (κ3) is 482. The molecule has 6 nitrogen and oxygen atoms in total. The van der Waals surface area contributed by atoms with E-state index in [1.807, 2.05) is 0 Å². The van der Waals surface area contributed by atoms with Crippen LogP contribution in [0.4, 0.5) is 0 Å². The van der Waals surface area contributed by atoms with Gasteiger partial charge < -0.3 is 29.4 Å². The van der Waals surface area contributed by atoms with E-state index in [9.17, 15) is 0 Å². The standard InChI is InChI=1S/2CH4.Na.2H3O3PS.H/c;;;2*1-4(2,3)5;/h2*1H4;;2*(H3,1,2,3,5);. The molecule has 82 valence electrons. The molecule has 0 saturated carbocycles. The molecule has 0 saturated heterocycles. The van der Waals surface area contributed by atoms with Crippen molar-refractivity contribution >= 4 is 66.6 Å². The van der Waals surface area contributed by atoms with Crippen molar-refractivity contribution in [3.63, 3.8) is 0 Å². The Morgan fingerprint density at radius 1 is 0.615 bits per heavy atom. The van der Waals surface area contributed by atoms with Gasteiger partial charge in [-0.3, -0.25) is 0 Å². The molecule has 0 amide bonds. The summed E-state index contributed by atoms with van der Waals surface area (Å²) in [6.07, 6.45) is 0. The molecule has 11 heteroatoms. The SMILES string of the molecule is C.C.OP(O)(O)=S.OP(O)(O)=S.[NaH]. The number of hydrogen-bond donors (Lipinski definition) is 6. The van der Waals surface area contributed by atoms with E-state index in [4.69, 9.17) is 29.4 Å². The first-order valence-corrected chi connectivity index (χ1v) is 6.89. The fourth-order valence-corrected chi connectivity index (χ4v) is 0. The molecule has 6 N–H and O–H groups in total. The quantitative estimate of drug-likeness (QED) is 0.247. The van der Waals surface area contributed by atoms with Crippen LogP contribution in [0.2, 0.25) is 0 Å². The van der Waals surface area contributed by atoms with E-state index >= 15 is 0 Å². The van der Waals surface area contributed by atoms with Crippen molar-refractivity contribution in [2.45, 2.75) is 14.9 Å². The molecule has 13 heavy (non-hydrogen) atoms. The zero-order valence-electron chi connectivity index (χ0n) is 4.39. The van der Waals surface area contributed by atoms with E-state index < -0.39 is 13.4 Å². The normalized spacial score (nSPS) is 9.08. The van der Waals surface area contributed by atoms with Gasteiger partial charge in [-0.15, -0.1) is 0 Å². The molecule has 0 rings (SSSR count). The Balaban J connectivity index is -0.0000000267. The van der Waals surface area contributed by atoms with Crippen LogP contribution in [-0.4, -0.2) is 58.9 Å². The van der Waals surface area contributed by atoms with Gasteiger partial charge in [0, 0.05) is 0 Å². The van der Waals surface area contributed by atoms with Crippen LogP contribution in [0, 0.1) is 0 Å². The van der Waals surface area contributed by atoms with Gasteiger partial charge in [0.05, 0.1) is 0 Å². The van der Waals surface area contributed by atoms with Gasteiger partial charge in [0.2, 0.25) is 0 Å². The van der Waals surface area contributed by atoms with Crippen molar-refractivity contribution in [1.82, 2.24) is 0 Å². The van der Waals surface area contributed by atoms with Crippen LogP contribution in [0.5, 0.6) is 0 Å². The van der Waals surface area contributed by atoms with E-state index in [-0.39, 0.29) is 44.4 Å². The van der Waals surface area contributed by atoms with E-state index in [1.165, 1.54) is 0 Å². The third-order valence-corrected chi connectivity index (χ3v) is 0. The second-order valence-corrected chi connectivity index (χ2v) is 6.02. The van der Waals surface area contributed by atoms with Crippen LogP contribution in [0.25, 0.3) is 0 Å². The molecule has 0 aromatic heterocycles. The summed E-state index contributed by atoms with van der Waals surface area (Å²) in [6, 6.07) is 0. The van der Waals surface area contributed by atoms with Gasteiger partial charge in [0.1, 0.15) is 0 Å². The fourth-order valence-electron chi connectivity index (χ4n) is 0. The molecule has 0 aliphatic rings. The zero-order valence-corrected chi connectivity index (χ0v) is 7.82. The molecule has 0 spiro atoms. The molecule has 0 radical (unpaired) electrons. The minimum atomic E-state index is -3.81. The molecule has 0 aliphatic carbocycles. The summed E-state index contributed by atoms with van der Waals surface area (Å²) in [6.45, 7) is -7.61. The minimum absolute atomic E-state index is 0. The Bertz CT molecular complexity index is 139. The fraction of sp³-hybridized carbons (Fsp3) is 1.00. The first-order chi connectivity index (χ1) is 4.00.